The molecule has 1 aromatic heterocycles. The van der Waals surface area contributed by atoms with Crippen molar-refractivity contribution in [3.63, 3.8) is 0 Å². The molecule has 0 amide bonds. The van der Waals surface area contributed by atoms with Crippen molar-refractivity contribution in [1.82, 2.24) is 14.3 Å². The fourth-order valence-electron chi connectivity index (χ4n) is 2.58. The quantitative estimate of drug-likeness (QED) is 0.551. The van der Waals surface area contributed by atoms with E-state index in [0.29, 0.717) is 11.3 Å². The summed E-state index contributed by atoms with van der Waals surface area (Å²) in [6.07, 6.45) is -3.65. The zero-order chi connectivity index (χ0) is 22.6. The van der Waals surface area contributed by atoms with Crippen molar-refractivity contribution in [2.45, 2.75) is 17.8 Å². The molecule has 0 saturated heterocycles. The van der Waals surface area contributed by atoms with Crippen LogP contribution in [0.1, 0.15) is 0 Å². The minimum atomic E-state index is -4.88. The summed E-state index contributed by atoms with van der Waals surface area (Å²) < 4.78 is 81.2. The van der Waals surface area contributed by atoms with Crippen molar-refractivity contribution in [2.75, 3.05) is 6.54 Å². The number of nitrogens with zero attached hydrogens (tertiary/aromatic N) is 2. The predicted octanol–water partition coefficient (Wildman–Crippen LogP) is 2.93. The number of rotatable bonds is 7. The van der Waals surface area contributed by atoms with E-state index in [9.17, 15) is 30.8 Å². The fourth-order valence-corrected chi connectivity index (χ4v) is 3.60. The molecular weight excluding hydrogens is 442 g/mol. The predicted molar refractivity (Wildman–Crippen MR) is 102 cm³/mol. The van der Waals surface area contributed by atoms with Crippen LogP contribution in [0.2, 0.25) is 0 Å². The summed E-state index contributed by atoms with van der Waals surface area (Å²) in [5.41, 5.74) is 0.439. The topological polar surface area (TPSA) is 90.3 Å². The summed E-state index contributed by atoms with van der Waals surface area (Å²) in [5, 5.41) is 0. The van der Waals surface area contributed by atoms with Gasteiger partial charge < -0.3 is 4.74 Å². The van der Waals surface area contributed by atoms with Crippen molar-refractivity contribution in [2.24, 2.45) is 0 Å². The lowest BCUT2D eigenvalue weighted by atomic mass is 10.1. The van der Waals surface area contributed by atoms with Crippen molar-refractivity contribution in [3.05, 3.63) is 77.1 Å². The van der Waals surface area contributed by atoms with Crippen LogP contribution in [-0.2, 0) is 16.6 Å². The van der Waals surface area contributed by atoms with E-state index < -0.39 is 33.5 Å². The summed E-state index contributed by atoms with van der Waals surface area (Å²) in [4.78, 5) is 16.1. The van der Waals surface area contributed by atoms with Crippen LogP contribution in [0.5, 0.6) is 5.75 Å². The molecule has 12 heteroatoms. The minimum Gasteiger partial charge on any atom is -0.406 e. The lowest BCUT2D eigenvalue weighted by Gasteiger charge is -2.11. The molecule has 1 N–H and O–H groups in total. The Morgan fingerprint density at radius 1 is 1.03 bits per heavy atom. The molecule has 7 nitrogen and oxygen atoms in total. The van der Waals surface area contributed by atoms with Gasteiger partial charge in [0.15, 0.2) is 0 Å². The molecule has 31 heavy (non-hydrogen) atoms. The van der Waals surface area contributed by atoms with E-state index in [1.165, 1.54) is 41.2 Å². The highest BCUT2D eigenvalue weighted by Gasteiger charge is 2.31. The Hall–Kier alpha value is -3.25. The minimum absolute atomic E-state index is 0.0377. The van der Waals surface area contributed by atoms with Gasteiger partial charge in [-0.2, -0.15) is 0 Å². The third-order valence-corrected chi connectivity index (χ3v) is 5.51. The summed E-state index contributed by atoms with van der Waals surface area (Å²) in [6, 6.07) is 10.3. The molecule has 0 aliphatic rings. The van der Waals surface area contributed by atoms with Crippen LogP contribution in [0.25, 0.3) is 11.3 Å². The number of hydrogen-bond acceptors (Lipinski definition) is 5. The van der Waals surface area contributed by atoms with Gasteiger partial charge in [0.1, 0.15) is 11.6 Å². The molecule has 0 unspecified atom stereocenters. The van der Waals surface area contributed by atoms with Gasteiger partial charge in [-0.3, -0.25) is 9.36 Å². The number of aromatic nitrogens is 2. The molecule has 0 aliphatic heterocycles. The van der Waals surface area contributed by atoms with Gasteiger partial charge in [-0.15, -0.1) is 13.2 Å². The highest BCUT2D eigenvalue weighted by atomic mass is 32.2. The Balaban J connectivity index is 1.62. The number of sulfonamides is 1. The molecule has 0 saturated carbocycles. The van der Waals surface area contributed by atoms with Crippen LogP contribution in [0, 0.1) is 5.82 Å². The summed E-state index contributed by atoms with van der Waals surface area (Å²) in [7, 11) is -4.02. The van der Waals surface area contributed by atoms with E-state index in [2.05, 4.69) is 14.4 Å². The second kappa shape index (κ2) is 8.86. The summed E-state index contributed by atoms with van der Waals surface area (Å²) in [6.45, 7) is -0.204. The van der Waals surface area contributed by atoms with Gasteiger partial charge in [0, 0.05) is 24.7 Å². The Morgan fingerprint density at radius 3 is 2.26 bits per heavy atom. The highest BCUT2D eigenvalue weighted by Crippen LogP contribution is 2.23. The lowest BCUT2D eigenvalue weighted by molar-refractivity contribution is -0.274. The Kier molecular flexibility index (Phi) is 6.41. The SMILES string of the molecule is O=c1cc(-c2ccc(F)cc2)ncn1CCNS(=O)(=O)c1ccc(OC(F)(F)F)cc1. The van der Waals surface area contributed by atoms with E-state index in [4.69, 9.17) is 0 Å². The second-order valence-electron chi connectivity index (χ2n) is 6.23. The maximum Gasteiger partial charge on any atom is 0.573 e. The van der Waals surface area contributed by atoms with Crippen molar-refractivity contribution in [3.8, 4) is 17.0 Å². The number of benzene rings is 2. The zero-order valence-corrected chi connectivity index (χ0v) is 16.5. The van der Waals surface area contributed by atoms with Gasteiger partial charge in [0.05, 0.1) is 16.9 Å². The first kappa shape index (κ1) is 22.4. The van der Waals surface area contributed by atoms with Crippen molar-refractivity contribution in [1.29, 1.82) is 0 Å². The standard InChI is InChI=1S/C19H15F4N3O4S/c20-14-3-1-13(2-4-14)17-11-18(27)26(12-24-17)10-9-25-31(28,29)16-7-5-15(6-8-16)30-19(21,22)23/h1-8,11-12,25H,9-10H2. The largest absolute Gasteiger partial charge is 0.573 e. The molecule has 164 valence electrons. The maximum atomic E-state index is 13.0. The molecule has 0 atom stereocenters. The normalized spacial score (nSPS) is 12.0. The van der Waals surface area contributed by atoms with Crippen molar-refractivity contribution >= 4 is 10.0 Å². The van der Waals surface area contributed by atoms with Gasteiger partial charge in [-0.05, 0) is 48.5 Å². The van der Waals surface area contributed by atoms with Gasteiger partial charge >= 0.3 is 6.36 Å². The fraction of sp³-hybridized carbons (Fsp3) is 0.158. The van der Waals surface area contributed by atoms with Crippen LogP contribution >= 0.6 is 0 Å². The molecule has 3 rings (SSSR count). The monoisotopic (exact) mass is 457 g/mol. The maximum absolute atomic E-state index is 13.0. The van der Waals surface area contributed by atoms with Gasteiger partial charge in [0.2, 0.25) is 10.0 Å². The first-order valence-electron chi connectivity index (χ1n) is 8.71. The summed E-state index contributed by atoms with van der Waals surface area (Å²) in [5.74, 6) is -0.975. The van der Waals surface area contributed by atoms with E-state index in [1.54, 1.807) is 0 Å². The van der Waals surface area contributed by atoms with E-state index in [1.807, 2.05) is 0 Å². The van der Waals surface area contributed by atoms with Gasteiger partial charge in [0.25, 0.3) is 5.56 Å². The molecule has 0 spiro atoms. The first-order chi connectivity index (χ1) is 14.5. The van der Waals surface area contributed by atoms with Crippen LogP contribution in [0.4, 0.5) is 17.6 Å². The number of halogens is 4. The number of ether oxygens (including phenoxy) is 1. The van der Waals surface area contributed by atoms with Crippen molar-refractivity contribution < 1.29 is 30.7 Å². The Labute approximate surface area is 174 Å². The van der Waals surface area contributed by atoms with Gasteiger partial charge in [-0.25, -0.2) is 22.5 Å². The average Bonchev–Trinajstić information content (AvgIpc) is 2.69. The third-order valence-electron chi connectivity index (χ3n) is 4.03. The average molecular weight is 457 g/mol. The Morgan fingerprint density at radius 2 is 1.68 bits per heavy atom. The lowest BCUT2D eigenvalue weighted by Crippen LogP contribution is -2.30. The van der Waals surface area contributed by atoms with Crippen LogP contribution < -0.4 is 15.0 Å². The molecule has 0 fully saturated rings. The molecule has 2 aromatic carbocycles. The third kappa shape index (κ3) is 6.12. The van der Waals surface area contributed by atoms with Crippen LogP contribution in [0.15, 0.2) is 70.6 Å². The molecule has 0 aliphatic carbocycles. The number of hydrogen-bond donors (Lipinski definition) is 1. The second-order valence-corrected chi connectivity index (χ2v) is 8.00. The highest BCUT2D eigenvalue weighted by molar-refractivity contribution is 7.89. The van der Waals surface area contributed by atoms with Crippen LogP contribution in [-0.4, -0.2) is 30.9 Å². The molecular formula is C19H15F4N3O4S. The van der Waals surface area contributed by atoms with Crippen LogP contribution in [0.3, 0.4) is 0 Å². The zero-order valence-electron chi connectivity index (χ0n) is 15.6. The molecule has 0 radical (unpaired) electrons. The van der Waals surface area contributed by atoms with E-state index >= 15 is 0 Å². The molecule has 1 heterocycles. The molecule has 0 bridgehead atoms. The van der Waals surface area contributed by atoms with Gasteiger partial charge in [-0.1, -0.05) is 0 Å². The number of alkyl halides is 3. The van der Waals surface area contributed by atoms with E-state index in [0.717, 1.165) is 24.3 Å². The Bertz CT molecular complexity index is 1210. The number of nitrogens with one attached hydrogen (secondary N) is 1. The smallest absolute Gasteiger partial charge is 0.406 e. The summed E-state index contributed by atoms with van der Waals surface area (Å²) >= 11 is 0. The first-order valence-corrected chi connectivity index (χ1v) is 10.2. The van der Waals surface area contributed by atoms with E-state index in [-0.39, 0.29) is 18.0 Å². The molecule has 3 aromatic rings.